The van der Waals surface area contributed by atoms with Gasteiger partial charge in [-0.2, -0.15) is 0 Å². The van der Waals surface area contributed by atoms with E-state index in [9.17, 15) is 8.42 Å². The maximum absolute atomic E-state index is 12.3. The Hall–Kier alpha value is -1.07. The SMILES string of the molecule is COc1ccc(S(=O)(=O)C2CCCNC2)cc1. The highest BCUT2D eigenvalue weighted by Gasteiger charge is 2.28. The molecular weight excluding hydrogens is 238 g/mol. The molecule has 4 nitrogen and oxygen atoms in total. The molecule has 0 aromatic heterocycles. The first-order chi connectivity index (χ1) is 8.14. The van der Waals surface area contributed by atoms with Crippen LogP contribution in [0.25, 0.3) is 0 Å². The van der Waals surface area contributed by atoms with Crippen molar-refractivity contribution in [1.82, 2.24) is 5.32 Å². The van der Waals surface area contributed by atoms with Crippen LogP contribution in [0.1, 0.15) is 12.8 Å². The second-order valence-corrected chi connectivity index (χ2v) is 6.42. The van der Waals surface area contributed by atoms with Gasteiger partial charge in [0, 0.05) is 6.54 Å². The van der Waals surface area contributed by atoms with Crippen molar-refractivity contribution >= 4 is 9.84 Å². The van der Waals surface area contributed by atoms with Gasteiger partial charge >= 0.3 is 0 Å². The van der Waals surface area contributed by atoms with Crippen LogP contribution in [-0.4, -0.2) is 33.9 Å². The van der Waals surface area contributed by atoms with E-state index >= 15 is 0 Å². The fourth-order valence-electron chi connectivity index (χ4n) is 2.04. The van der Waals surface area contributed by atoms with Gasteiger partial charge in [-0.15, -0.1) is 0 Å². The molecule has 0 bridgehead atoms. The molecule has 2 rings (SSSR count). The molecule has 0 amide bonds. The normalized spacial score (nSPS) is 21.1. The zero-order valence-corrected chi connectivity index (χ0v) is 10.7. The van der Waals surface area contributed by atoms with Crippen LogP contribution in [0.15, 0.2) is 29.2 Å². The molecule has 1 heterocycles. The van der Waals surface area contributed by atoms with Crippen molar-refractivity contribution in [3.63, 3.8) is 0 Å². The van der Waals surface area contributed by atoms with Gasteiger partial charge in [-0.3, -0.25) is 0 Å². The summed E-state index contributed by atoms with van der Waals surface area (Å²) in [4.78, 5) is 0.381. The quantitative estimate of drug-likeness (QED) is 0.882. The second-order valence-electron chi connectivity index (χ2n) is 4.19. The standard InChI is InChI=1S/C12H17NO3S/c1-16-10-4-6-11(7-5-10)17(14,15)12-3-2-8-13-9-12/h4-7,12-13H,2-3,8-9H2,1H3. The minimum Gasteiger partial charge on any atom is -0.497 e. The average molecular weight is 255 g/mol. The Morgan fingerprint density at radius 3 is 2.53 bits per heavy atom. The molecular formula is C12H17NO3S. The van der Waals surface area contributed by atoms with Crippen LogP contribution < -0.4 is 10.1 Å². The highest BCUT2D eigenvalue weighted by atomic mass is 32.2. The molecule has 94 valence electrons. The fourth-order valence-corrected chi connectivity index (χ4v) is 3.76. The number of rotatable bonds is 3. The van der Waals surface area contributed by atoms with E-state index in [0.29, 0.717) is 17.2 Å². The molecule has 1 aliphatic heterocycles. The molecule has 1 aromatic carbocycles. The summed E-state index contributed by atoms with van der Waals surface area (Å²) < 4.78 is 29.6. The first-order valence-electron chi connectivity index (χ1n) is 5.73. The van der Waals surface area contributed by atoms with Gasteiger partial charge in [0.05, 0.1) is 17.3 Å². The van der Waals surface area contributed by atoms with Gasteiger partial charge in [-0.25, -0.2) is 8.42 Å². The van der Waals surface area contributed by atoms with Gasteiger partial charge in [0.15, 0.2) is 9.84 Å². The number of piperidine rings is 1. The predicted molar refractivity (Wildman–Crippen MR) is 66.1 cm³/mol. The third kappa shape index (κ3) is 2.61. The summed E-state index contributed by atoms with van der Waals surface area (Å²) in [6, 6.07) is 6.60. The average Bonchev–Trinajstić information content (AvgIpc) is 2.40. The van der Waals surface area contributed by atoms with Crippen LogP contribution in [0.5, 0.6) is 5.75 Å². The summed E-state index contributed by atoms with van der Waals surface area (Å²) >= 11 is 0. The number of hydrogen-bond donors (Lipinski definition) is 1. The summed E-state index contributed by atoms with van der Waals surface area (Å²) in [6.45, 7) is 1.46. The summed E-state index contributed by atoms with van der Waals surface area (Å²) in [6.07, 6.45) is 1.65. The van der Waals surface area contributed by atoms with Gasteiger partial charge in [-0.1, -0.05) is 0 Å². The lowest BCUT2D eigenvalue weighted by Gasteiger charge is -2.22. The third-order valence-corrected chi connectivity index (χ3v) is 5.29. The van der Waals surface area contributed by atoms with E-state index in [-0.39, 0.29) is 5.25 Å². The molecule has 0 saturated carbocycles. The van der Waals surface area contributed by atoms with Crippen molar-refractivity contribution < 1.29 is 13.2 Å². The van der Waals surface area contributed by atoms with E-state index < -0.39 is 9.84 Å². The number of benzene rings is 1. The van der Waals surface area contributed by atoms with E-state index in [2.05, 4.69) is 5.32 Å². The topological polar surface area (TPSA) is 55.4 Å². The number of ether oxygens (including phenoxy) is 1. The van der Waals surface area contributed by atoms with Crippen LogP contribution in [-0.2, 0) is 9.84 Å². The third-order valence-electron chi connectivity index (χ3n) is 3.08. The first-order valence-corrected chi connectivity index (χ1v) is 7.28. The van der Waals surface area contributed by atoms with Crippen LogP contribution in [0.4, 0.5) is 0 Å². The van der Waals surface area contributed by atoms with E-state index in [1.54, 1.807) is 31.4 Å². The van der Waals surface area contributed by atoms with Gasteiger partial charge < -0.3 is 10.1 Å². The molecule has 1 aromatic rings. The molecule has 1 saturated heterocycles. The molecule has 1 N–H and O–H groups in total. The predicted octanol–water partition coefficient (Wildman–Crippen LogP) is 1.22. The lowest BCUT2D eigenvalue weighted by Crippen LogP contribution is -2.38. The lowest BCUT2D eigenvalue weighted by atomic mass is 10.2. The van der Waals surface area contributed by atoms with Crippen molar-refractivity contribution in [2.75, 3.05) is 20.2 Å². The molecule has 1 fully saturated rings. The number of hydrogen-bond acceptors (Lipinski definition) is 4. The summed E-state index contributed by atoms with van der Waals surface area (Å²) in [5, 5.41) is 2.83. The maximum atomic E-state index is 12.3. The Bertz CT molecular complexity index is 461. The van der Waals surface area contributed by atoms with Crippen molar-refractivity contribution in [1.29, 1.82) is 0 Å². The molecule has 17 heavy (non-hydrogen) atoms. The smallest absolute Gasteiger partial charge is 0.182 e. The Morgan fingerprint density at radius 2 is 2.00 bits per heavy atom. The summed E-state index contributed by atoms with van der Waals surface area (Å²) in [7, 11) is -1.64. The Labute approximate surface area is 102 Å². The molecule has 1 atom stereocenters. The van der Waals surface area contributed by atoms with Crippen LogP contribution >= 0.6 is 0 Å². The molecule has 1 aliphatic rings. The Kier molecular flexibility index (Phi) is 3.69. The number of nitrogens with one attached hydrogen (secondary N) is 1. The molecule has 5 heteroatoms. The van der Waals surface area contributed by atoms with E-state index in [0.717, 1.165) is 19.4 Å². The van der Waals surface area contributed by atoms with E-state index in [1.165, 1.54) is 0 Å². The van der Waals surface area contributed by atoms with E-state index in [4.69, 9.17) is 4.74 Å². The fraction of sp³-hybridized carbons (Fsp3) is 0.500. The highest BCUT2D eigenvalue weighted by molar-refractivity contribution is 7.92. The first kappa shape index (κ1) is 12.4. The zero-order chi connectivity index (χ0) is 12.3. The van der Waals surface area contributed by atoms with Gasteiger partial charge in [0.1, 0.15) is 5.75 Å². The second kappa shape index (κ2) is 5.06. The molecule has 0 radical (unpaired) electrons. The number of methoxy groups -OCH3 is 1. The van der Waals surface area contributed by atoms with Crippen LogP contribution in [0.3, 0.4) is 0 Å². The molecule has 0 aliphatic carbocycles. The maximum Gasteiger partial charge on any atom is 0.182 e. The largest absolute Gasteiger partial charge is 0.497 e. The minimum absolute atomic E-state index is 0.301. The van der Waals surface area contributed by atoms with Gasteiger partial charge in [0.2, 0.25) is 0 Å². The zero-order valence-electron chi connectivity index (χ0n) is 9.85. The van der Waals surface area contributed by atoms with Crippen LogP contribution in [0.2, 0.25) is 0 Å². The number of sulfone groups is 1. The van der Waals surface area contributed by atoms with Crippen molar-refractivity contribution in [2.45, 2.75) is 23.0 Å². The van der Waals surface area contributed by atoms with Crippen molar-refractivity contribution in [3.8, 4) is 5.75 Å². The highest BCUT2D eigenvalue weighted by Crippen LogP contribution is 2.22. The van der Waals surface area contributed by atoms with Crippen molar-refractivity contribution in [3.05, 3.63) is 24.3 Å². The Balaban J connectivity index is 2.23. The monoisotopic (exact) mass is 255 g/mol. The summed E-state index contributed by atoms with van der Waals surface area (Å²) in [5.74, 6) is 0.672. The molecule has 1 unspecified atom stereocenters. The van der Waals surface area contributed by atoms with Crippen molar-refractivity contribution in [2.24, 2.45) is 0 Å². The summed E-state index contributed by atoms with van der Waals surface area (Å²) in [5.41, 5.74) is 0. The molecule has 0 spiro atoms. The minimum atomic E-state index is -3.21. The van der Waals surface area contributed by atoms with Crippen LogP contribution in [0, 0.1) is 0 Å². The van der Waals surface area contributed by atoms with E-state index in [1.807, 2.05) is 0 Å². The Morgan fingerprint density at radius 1 is 1.29 bits per heavy atom. The van der Waals surface area contributed by atoms with Gasteiger partial charge in [-0.05, 0) is 43.7 Å². The van der Waals surface area contributed by atoms with Gasteiger partial charge in [0.25, 0.3) is 0 Å². The lowest BCUT2D eigenvalue weighted by molar-refractivity contribution is 0.414.